The maximum atomic E-state index is 12.4. The first kappa shape index (κ1) is 12.7. The molecule has 3 rings (SSSR count). The predicted octanol–water partition coefficient (Wildman–Crippen LogP) is 1.18. The Labute approximate surface area is 115 Å². The number of morpholine rings is 1. The number of hydrogen-bond donors (Lipinski definition) is 1. The maximum Gasteiger partial charge on any atom is 0.298 e. The molecule has 0 radical (unpaired) electrons. The molecule has 1 aliphatic rings. The molecule has 1 fully saturated rings. The Kier molecular flexibility index (Phi) is 3.39. The minimum atomic E-state index is -0.0338. The lowest BCUT2D eigenvalue weighted by Gasteiger charge is -2.26. The van der Waals surface area contributed by atoms with E-state index in [1.807, 2.05) is 0 Å². The third kappa shape index (κ3) is 2.25. The van der Waals surface area contributed by atoms with Gasteiger partial charge in [0.2, 0.25) is 0 Å². The average molecular weight is 274 g/mol. The summed E-state index contributed by atoms with van der Waals surface area (Å²) in [7, 11) is 0. The molecule has 0 unspecified atom stereocenters. The van der Waals surface area contributed by atoms with Crippen LogP contribution in [0.4, 0.5) is 0 Å². The summed E-state index contributed by atoms with van der Waals surface area (Å²) < 4.78 is 10.1. The van der Waals surface area contributed by atoms with Crippen molar-refractivity contribution in [3.05, 3.63) is 30.0 Å². The van der Waals surface area contributed by atoms with Gasteiger partial charge in [-0.25, -0.2) is 0 Å². The third-order valence-corrected chi connectivity index (χ3v) is 3.36. The van der Waals surface area contributed by atoms with Crippen molar-refractivity contribution < 1.29 is 19.1 Å². The fourth-order valence-electron chi connectivity index (χ4n) is 2.33. The highest BCUT2D eigenvalue weighted by Gasteiger charge is 2.19. The van der Waals surface area contributed by atoms with Gasteiger partial charge in [-0.1, -0.05) is 0 Å². The van der Waals surface area contributed by atoms with E-state index in [2.05, 4.69) is 4.98 Å². The Morgan fingerprint density at radius 2 is 2.15 bits per heavy atom. The van der Waals surface area contributed by atoms with Gasteiger partial charge in [0.15, 0.2) is 5.75 Å². The Morgan fingerprint density at radius 3 is 2.90 bits per heavy atom. The number of benzene rings is 1. The number of H-pyrrole nitrogens is 1. The third-order valence-electron chi connectivity index (χ3n) is 3.36. The molecule has 2 aromatic rings. The highest BCUT2D eigenvalue weighted by atomic mass is 16.5. The first-order chi connectivity index (χ1) is 9.79. The molecule has 1 saturated heterocycles. The number of ether oxygens (including phenoxy) is 2. The number of carbonyl (C=O) groups is 2. The fourth-order valence-corrected chi connectivity index (χ4v) is 2.33. The van der Waals surface area contributed by atoms with E-state index in [-0.39, 0.29) is 5.91 Å². The number of amides is 1. The second-order valence-electron chi connectivity index (χ2n) is 4.53. The van der Waals surface area contributed by atoms with Crippen molar-refractivity contribution >= 4 is 23.3 Å². The quantitative estimate of drug-likeness (QED) is 0.853. The van der Waals surface area contributed by atoms with Crippen LogP contribution in [-0.2, 0) is 9.53 Å². The van der Waals surface area contributed by atoms with Gasteiger partial charge in [0, 0.05) is 35.8 Å². The lowest BCUT2D eigenvalue weighted by Crippen LogP contribution is -2.40. The van der Waals surface area contributed by atoms with E-state index in [9.17, 15) is 9.59 Å². The van der Waals surface area contributed by atoms with Gasteiger partial charge in [0.1, 0.15) is 0 Å². The fraction of sp³-hybridized carbons (Fsp3) is 0.286. The van der Waals surface area contributed by atoms with E-state index in [1.54, 1.807) is 29.3 Å². The molecule has 1 amide bonds. The molecule has 6 nitrogen and oxygen atoms in total. The molecule has 1 aliphatic heterocycles. The molecule has 20 heavy (non-hydrogen) atoms. The largest absolute Gasteiger partial charge is 0.426 e. The number of aromatic amines is 1. The SMILES string of the molecule is O=COc1c[nH]c2ccc(C(=O)N3CCOCC3)cc12. The van der Waals surface area contributed by atoms with Crippen LogP contribution in [0.15, 0.2) is 24.4 Å². The number of hydrogen-bond acceptors (Lipinski definition) is 4. The zero-order chi connectivity index (χ0) is 13.9. The summed E-state index contributed by atoms with van der Waals surface area (Å²) in [6, 6.07) is 5.31. The van der Waals surface area contributed by atoms with Gasteiger partial charge in [0.25, 0.3) is 12.4 Å². The summed E-state index contributed by atoms with van der Waals surface area (Å²) in [6.45, 7) is 2.71. The van der Waals surface area contributed by atoms with E-state index in [1.165, 1.54) is 0 Å². The van der Waals surface area contributed by atoms with Crippen LogP contribution in [0.3, 0.4) is 0 Å². The minimum absolute atomic E-state index is 0.0338. The monoisotopic (exact) mass is 274 g/mol. The van der Waals surface area contributed by atoms with Gasteiger partial charge < -0.3 is 19.4 Å². The second-order valence-corrected chi connectivity index (χ2v) is 4.53. The van der Waals surface area contributed by atoms with Crippen molar-refractivity contribution in [1.29, 1.82) is 0 Å². The van der Waals surface area contributed by atoms with Crippen molar-refractivity contribution in [3.8, 4) is 5.75 Å². The van der Waals surface area contributed by atoms with Crippen molar-refractivity contribution in [2.24, 2.45) is 0 Å². The zero-order valence-corrected chi connectivity index (χ0v) is 10.8. The summed E-state index contributed by atoms with van der Waals surface area (Å²) in [5, 5.41) is 0.719. The zero-order valence-electron chi connectivity index (χ0n) is 10.8. The molecule has 1 aromatic carbocycles. The van der Waals surface area contributed by atoms with Gasteiger partial charge in [-0.05, 0) is 18.2 Å². The van der Waals surface area contributed by atoms with E-state index in [4.69, 9.17) is 9.47 Å². The molecule has 0 bridgehead atoms. The van der Waals surface area contributed by atoms with Gasteiger partial charge in [-0.3, -0.25) is 9.59 Å². The first-order valence-corrected chi connectivity index (χ1v) is 6.38. The smallest absolute Gasteiger partial charge is 0.298 e. The summed E-state index contributed by atoms with van der Waals surface area (Å²) in [5.41, 5.74) is 1.40. The lowest BCUT2D eigenvalue weighted by molar-refractivity contribution is -0.120. The van der Waals surface area contributed by atoms with Crippen molar-refractivity contribution in [2.75, 3.05) is 26.3 Å². The van der Waals surface area contributed by atoms with Crippen molar-refractivity contribution in [3.63, 3.8) is 0 Å². The van der Waals surface area contributed by atoms with Gasteiger partial charge in [-0.15, -0.1) is 0 Å². The normalized spacial score (nSPS) is 15.3. The molecule has 2 heterocycles. The summed E-state index contributed by atoms with van der Waals surface area (Å²) >= 11 is 0. The number of carbonyl (C=O) groups excluding carboxylic acids is 2. The molecular weight excluding hydrogens is 260 g/mol. The topological polar surface area (TPSA) is 71.6 Å². The van der Waals surface area contributed by atoms with Crippen molar-refractivity contribution in [1.82, 2.24) is 9.88 Å². The van der Waals surface area contributed by atoms with Gasteiger partial charge in [0.05, 0.1) is 13.2 Å². The van der Waals surface area contributed by atoms with Crippen molar-refractivity contribution in [2.45, 2.75) is 0 Å². The van der Waals surface area contributed by atoms with E-state index >= 15 is 0 Å². The standard InChI is InChI=1S/C14H14N2O4/c17-9-20-13-8-15-12-2-1-10(7-11(12)13)14(18)16-3-5-19-6-4-16/h1-2,7-9,15H,3-6H2. The summed E-state index contributed by atoms with van der Waals surface area (Å²) in [4.78, 5) is 27.6. The Balaban J connectivity index is 1.92. The number of nitrogens with one attached hydrogen (secondary N) is 1. The second kappa shape index (κ2) is 5.34. The van der Waals surface area contributed by atoms with Gasteiger partial charge in [-0.2, -0.15) is 0 Å². The lowest BCUT2D eigenvalue weighted by atomic mass is 10.1. The summed E-state index contributed by atoms with van der Waals surface area (Å²) in [6.07, 6.45) is 1.60. The number of fused-ring (bicyclic) bond motifs is 1. The Bertz CT molecular complexity index is 644. The molecule has 0 spiro atoms. The predicted molar refractivity (Wildman–Crippen MR) is 71.7 cm³/mol. The van der Waals surface area contributed by atoms with Crippen LogP contribution in [0.25, 0.3) is 10.9 Å². The van der Waals surface area contributed by atoms with Crippen LogP contribution in [0, 0.1) is 0 Å². The highest BCUT2D eigenvalue weighted by molar-refractivity contribution is 5.99. The number of rotatable bonds is 3. The molecular formula is C14H14N2O4. The van der Waals surface area contributed by atoms with Crippen LogP contribution >= 0.6 is 0 Å². The molecule has 1 aromatic heterocycles. The molecule has 1 N–H and O–H groups in total. The Morgan fingerprint density at radius 1 is 1.35 bits per heavy atom. The highest BCUT2D eigenvalue weighted by Crippen LogP contribution is 2.26. The summed E-state index contributed by atoms with van der Waals surface area (Å²) in [5.74, 6) is 0.389. The van der Waals surface area contributed by atoms with Crippen LogP contribution in [0.2, 0.25) is 0 Å². The Hall–Kier alpha value is -2.34. The number of nitrogens with zero attached hydrogens (tertiary/aromatic N) is 1. The average Bonchev–Trinajstić information content (AvgIpc) is 2.90. The van der Waals surface area contributed by atoms with E-state index < -0.39 is 0 Å². The van der Waals surface area contributed by atoms with Crippen LogP contribution in [0.5, 0.6) is 5.75 Å². The van der Waals surface area contributed by atoms with Crippen LogP contribution < -0.4 is 4.74 Å². The van der Waals surface area contributed by atoms with Crippen LogP contribution in [0.1, 0.15) is 10.4 Å². The molecule has 0 atom stereocenters. The number of aromatic nitrogens is 1. The van der Waals surface area contributed by atoms with E-state index in [0.717, 1.165) is 10.9 Å². The molecule has 6 heteroatoms. The maximum absolute atomic E-state index is 12.4. The minimum Gasteiger partial charge on any atom is -0.426 e. The van der Waals surface area contributed by atoms with Gasteiger partial charge >= 0.3 is 0 Å². The molecule has 0 saturated carbocycles. The first-order valence-electron chi connectivity index (χ1n) is 6.38. The van der Waals surface area contributed by atoms with E-state index in [0.29, 0.717) is 44.1 Å². The van der Waals surface area contributed by atoms with Crippen LogP contribution in [-0.4, -0.2) is 48.6 Å². The molecule has 0 aliphatic carbocycles. The molecule has 104 valence electrons.